The molecule has 0 radical (unpaired) electrons. The number of piperazine rings is 1. The van der Waals surface area contributed by atoms with E-state index in [0.717, 1.165) is 26.1 Å². The third-order valence-electron chi connectivity index (χ3n) is 4.62. The Morgan fingerprint density at radius 3 is 3.10 bits per heavy atom. The van der Waals surface area contributed by atoms with Crippen LogP contribution >= 0.6 is 0 Å². The van der Waals surface area contributed by atoms with Crippen molar-refractivity contribution in [3.63, 3.8) is 0 Å². The fourth-order valence-electron chi connectivity index (χ4n) is 3.51. The first kappa shape index (κ1) is 13.6. The Morgan fingerprint density at radius 2 is 2.30 bits per heavy atom. The molecule has 3 rings (SSSR count). The van der Waals surface area contributed by atoms with Crippen LogP contribution in [-0.2, 0) is 11.3 Å². The summed E-state index contributed by atoms with van der Waals surface area (Å²) < 4.78 is 2.03. The van der Waals surface area contributed by atoms with Gasteiger partial charge in [0.25, 0.3) is 0 Å². The maximum atomic E-state index is 12.4. The molecule has 1 aromatic heterocycles. The second-order valence-corrected chi connectivity index (χ2v) is 6.09. The van der Waals surface area contributed by atoms with Gasteiger partial charge < -0.3 is 9.47 Å². The predicted octanol–water partition coefficient (Wildman–Crippen LogP) is 1.36. The van der Waals surface area contributed by atoms with Crippen molar-refractivity contribution in [2.75, 3.05) is 19.6 Å². The average molecular weight is 276 g/mol. The van der Waals surface area contributed by atoms with Gasteiger partial charge in [-0.2, -0.15) is 0 Å². The van der Waals surface area contributed by atoms with Crippen LogP contribution < -0.4 is 0 Å². The molecule has 0 aliphatic carbocycles. The predicted molar refractivity (Wildman–Crippen MR) is 77.2 cm³/mol. The van der Waals surface area contributed by atoms with E-state index in [2.05, 4.69) is 21.7 Å². The molecule has 2 saturated heterocycles. The molecule has 0 bridgehead atoms. The van der Waals surface area contributed by atoms with Crippen molar-refractivity contribution < 1.29 is 4.79 Å². The molecule has 110 valence electrons. The molecular formula is C15H24N4O. The van der Waals surface area contributed by atoms with E-state index in [0.29, 0.717) is 24.4 Å². The van der Waals surface area contributed by atoms with Crippen LogP contribution in [0.4, 0.5) is 0 Å². The van der Waals surface area contributed by atoms with Gasteiger partial charge in [-0.15, -0.1) is 0 Å². The molecule has 2 aliphatic rings. The number of aromatic nitrogens is 2. The highest BCUT2D eigenvalue weighted by atomic mass is 16.2. The molecule has 20 heavy (non-hydrogen) atoms. The topological polar surface area (TPSA) is 41.4 Å². The highest BCUT2D eigenvalue weighted by molar-refractivity contribution is 5.76. The summed E-state index contributed by atoms with van der Waals surface area (Å²) in [6.07, 6.45) is 9.63. The summed E-state index contributed by atoms with van der Waals surface area (Å²) in [6, 6.07) is 0.980. The molecule has 2 fully saturated rings. The van der Waals surface area contributed by atoms with Crippen LogP contribution in [0, 0.1) is 0 Å². The number of nitrogens with zero attached hydrogens (tertiary/aromatic N) is 4. The zero-order valence-corrected chi connectivity index (χ0v) is 12.2. The second-order valence-electron chi connectivity index (χ2n) is 6.09. The Morgan fingerprint density at radius 1 is 1.40 bits per heavy atom. The summed E-state index contributed by atoms with van der Waals surface area (Å²) in [5, 5.41) is 0. The minimum atomic E-state index is 0.323. The van der Waals surface area contributed by atoms with Gasteiger partial charge in [-0.25, -0.2) is 4.98 Å². The van der Waals surface area contributed by atoms with E-state index in [9.17, 15) is 4.79 Å². The third kappa shape index (κ3) is 2.87. The normalized spacial score (nSPS) is 26.8. The molecular weight excluding hydrogens is 252 g/mol. The van der Waals surface area contributed by atoms with Crippen molar-refractivity contribution in [3.05, 3.63) is 18.7 Å². The minimum Gasteiger partial charge on any atom is -0.337 e. The quantitative estimate of drug-likeness (QED) is 0.834. The molecule has 3 heterocycles. The molecule has 2 atom stereocenters. The van der Waals surface area contributed by atoms with Crippen molar-refractivity contribution in [1.82, 2.24) is 19.4 Å². The maximum absolute atomic E-state index is 12.4. The van der Waals surface area contributed by atoms with Crippen molar-refractivity contribution in [2.45, 2.75) is 51.2 Å². The van der Waals surface area contributed by atoms with E-state index >= 15 is 0 Å². The SMILES string of the molecule is C[C@H]1CN2CCC[C@H]2CN1C(=O)CCCn1ccnc1. The lowest BCUT2D eigenvalue weighted by Gasteiger charge is -2.42. The van der Waals surface area contributed by atoms with Crippen molar-refractivity contribution in [1.29, 1.82) is 0 Å². The van der Waals surface area contributed by atoms with Gasteiger partial charge in [0.05, 0.1) is 6.33 Å². The van der Waals surface area contributed by atoms with Crippen LogP contribution in [0.2, 0.25) is 0 Å². The Balaban J connectivity index is 1.48. The molecule has 0 saturated carbocycles. The number of amides is 1. The number of carbonyl (C=O) groups excluding carboxylic acids is 1. The summed E-state index contributed by atoms with van der Waals surface area (Å²) in [5.41, 5.74) is 0. The Kier molecular flexibility index (Phi) is 4.05. The van der Waals surface area contributed by atoms with E-state index in [-0.39, 0.29) is 0 Å². The lowest BCUT2D eigenvalue weighted by molar-refractivity contribution is -0.136. The molecule has 1 amide bonds. The zero-order valence-electron chi connectivity index (χ0n) is 12.2. The Hall–Kier alpha value is -1.36. The van der Waals surface area contributed by atoms with Gasteiger partial charge in [-0.1, -0.05) is 0 Å². The number of rotatable bonds is 4. The summed E-state index contributed by atoms with van der Waals surface area (Å²) in [4.78, 5) is 21.1. The number of fused-ring (bicyclic) bond motifs is 1. The first-order valence-corrected chi connectivity index (χ1v) is 7.73. The average Bonchev–Trinajstić information content (AvgIpc) is 3.08. The van der Waals surface area contributed by atoms with Crippen LogP contribution in [0.25, 0.3) is 0 Å². The van der Waals surface area contributed by atoms with Crippen LogP contribution in [0.5, 0.6) is 0 Å². The number of imidazole rings is 1. The maximum Gasteiger partial charge on any atom is 0.222 e. The van der Waals surface area contributed by atoms with Crippen LogP contribution in [-0.4, -0.2) is 57.0 Å². The standard InChI is InChI=1S/C15H24N4O/c1-13-10-18-8-2-4-14(18)11-19(13)15(20)5-3-7-17-9-6-16-12-17/h6,9,12-14H,2-5,7-8,10-11H2,1H3/t13-,14-/m0/s1. The molecule has 5 heteroatoms. The van der Waals surface area contributed by atoms with E-state index in [1.165, 1.54) is 19.4 Å². The number of hydrogen-bond acceptors (Lipinski definition) is 3. The Bertz CT molecular complexity index is 445. The monoisotopic (exact) mass is 276 g/mol. The van der Waals surface area contributed by atoms with Gasteiger partial charge in [0.2, 0.25) is 5.91 Å². The Labute approximate surface area is 120 Å². The van der Waals surface area contributed by atoms with Gasteiger partial charge >= 0.3 is 0 Å². The van der Waals surface area contributed by atoms with Gasteiger partial charge in [-0.05, 0) is 32.7 Å². The third-order valence-corrected chi connectivity index (χ3v) is 4.62. The lowest BCUT2D eigenvalue weighted by Crippen LogP contribution is -2.56. The summed E-state index contributed by atoms with van der Waals surface area (Å²) in [6.45, 7) is 6.27. The molecule has 0 spiro atoms. The molecule has 0 N–H and O–H groups in total. The first-order valence-electron chi connectivity index (χ1n) is 7.73. The van der Waals surface area contributed by atoms with E-state index in [1.54, 1.807) is 6.20 Å². The van der Waals surface area contributed by atoms with Crippen molar-refractivity contribution >= 4 is 5.91 Å². The summed E-state index contributed by atoms with van der Waals surface area (Å²) >= 11 is 0. The molecule has 5 nitrogen and oxygen atoms in total. The fraction of sp³-hybridized carbons (Fsp3) is 0.733. The van der Waals surface area contributed by atoms with E-state index < -0.39 is 0 Å². The molecule has 2 aliphatic heterocycles. The zero-order chi connectivity index (χ0) is 13.9. The fourth-order valence-corrected chi connectivity index (χ4v) is 3.51. The summed E-state index contributed by atoms with van der Waals surface area (Å²) in [7, 11) is 0. The van der Waals surface area contributed by atoms with Crippen molar-refractivity contribution in [3.8, 4) is 0 Å². The lowest BCUT2D eigenvalue weighted by atomic mass is 10.1. The number of aryl methyl sites for hydroxylation is 1. The van der Waals surface area contributed by atoms with Crippen LogP contribution in [0.1, 0.15) is 32.6 Å². The summed E-state index contributed by atoms with van der Waals surface area (Å²) in [5.74, 6) is 0.323. The van der Waals surface area contributed by atoms with Crippen LogP contribution in [0.3, 0.4) is 0 Å². The highest BCUT2D eigenvalue weighted by Gasteiger charge is 2.35. The van der Waals surface area contributed by atoms with Gasteiger partial charge in [0.15, 0.2) is 0 Å². The van der Waals surface area contributed by atoms with Gasteiger partial charge in [0.1, 0.15) is 0 Å². The number of carbonyl (C=O) groups is 1. The van der Waals surface area contributed by atoms with Gasteiger partial charge in [-0.3, -0.25) is 9.69 Å². The van der Waals surface area contributed by atoms with E-state index in [4.69, 9.17) is 0 Å². The second kappa shape index (κ2) is 5.95. The highest BCUT2D eigenvalue weighted by Crippen LogP contribution is 2.25. The van der Waals surface area contributed by atoms with Crippen LogP contribution in [0.15, 0.2) is 18.7 Å². The molecule has 1 aromatic rings. The molecule has 0 unspecified atom stereocenters. The first-order chi connectivity index (χ1) is 9.74. The molecule has 0 aromatic carbocycles. The van der Waals surface area contributed by atoms with E-state index in [1.807, 2.05) is 17.1 Å². The number of hydrogen-bond donors (Lipinski definition) is 0. The smallest absolute Gasteiger partial charge is 0.222 e. The van der Waals surface area contributed by atoms with Crippen molar-refractivity contribution in [2.24, 2.45) is 0 Å². The van der Waals surface area contributed by atoms with Gasteiger partial charge in [0, 0.05) is 50.5 Å². The largest absolute Gasteiger partial charge is 0.337 e. The minimum absolute atomic E-state index is 0.323.